The van der Waals surface area contributed by atoms with Crippen molar-refractivity contribution in [1.29, 1.82) is 0 Å². The average molecular weight is 398 g/mol. The van der Waals surface area contributed by atoms with E-state index in [1.54, 1.807) is 30.3 Å². The van der Waals surface area contributed by atoms with Crippen molar-refractivity contribution in [2.75, 3.05) is 32.5 Å². The minimum Gasteiger partial charge on any atom is -0.351 e. The average Bonchev–Trinajstić information content (AvgIpc) is 3.51. The molecule has 6 nitrogen and oxygen atoms in total. The summed E-state index contributed by atoms with van der Waals surface area (Å²) in [7, 11) is 3.89. The normalized spacial score (nSPS) is 13.2. The molecular weight excluding hydrogens is 371 g/mol. The zero-order chi connectivity index (χ0) is 20.8. The minimum atomic E-state index is -0.426. The highest BCUT2D eigenvalue weighted by molar-refractivity contribution is 5.94. The van der Waals surface area contributed by atoms with Crippen LogP contribution in [0, 0.1) is 5.82 Å². The SMILES string of the molecule is CN(C)CCNC(=O)c1cccc(CNC(=O)Nc2ccc(C3CC3)c(F)c2)c1. The molecule has 2 aromatic rings. The molecule has 1 fully saturated rings. The number of urea groups is 1. The zero-order valence-electron chi connectivity index (χ0n) is 16.8. The Labute approximate surface area is 170 Å². The van der Waals surface area contributed by atoms with E-state index in [0.29, 0.717) is 23.7 Å². The molecule has 0 spiro atoms. The maximum atomic E-state index is 14.1. The van der Waals surface area contributed by atoms with Gasteiger partial charge in [-0.2, -0.15) is 0 Å². The van der Waals surface area contributed by atoms with Gasteiger partial charge in [0.05, 0.1) is 0 Å². The summed E-state index contributed by atoms with van der Waals surface area (Å²) in [5.41, 5.74) is 2.48. The number of carbonyl (C=O) groups excluding carboxylic acids is 2. The van der Waals surface area contributed by atoms with Gasteiger partial charge in [-0.3, -0.25) is 4.79 Å². The maximum Gasteiger partial charge on any atom is 0.319 e. The lowest BCUT2D eigenvalue weighted by molar-refractivity contribution is 0.0951. The van der Waals surface area contributed by atoms with E-state index in [4.69, 9.17) is 0 Å². The molecule has 1 aliphatic carbocycles. The first-order valence-corrected chi connectivity index (χ1v) is 9.78. The largest absolute Gasteiger partial charge is 0.351 e. The van der Waals surface area contributed by atoms with Crippen molar-refractivity contribution in [2.45, 2.75) is 25.3 Å². The van der Waals surface area contributed by atoms with Gasteiger partial charge in [-0.1, -0.05) is 18.2 Å². The molecule has 3 rings (SSSR count). The molecule has 7 heteroatoms. The lowest BCUT2D eigenvalue weighted by atomic mass is 10.1. The van der Waals surface area contributed by atoms with Crippen LogP contribution in [0.3, 0.4) is 0 Å². The number of carbonyl (C=O) groups is 2. The summed E-state index contributed by atoms with van der Waals surface area (Å²) in [5.74, 6) is -0.104. The summed E-state index contributed by atoms with van der Waals surface area (Å²) in [6.45, 7) is 1.58. The molecule has 0 bridgehead atoms. The van der Waals surface area contributed by atoms with Crippen LogP contribution in [0.4, 0.5) is 14.9 Å². The van der Waals surface area contributed by atoms with Crippen LogP contribution in [0.5, 0.6) is 0 Å². The van der Waals surface area contributed by atoms with Crippen LogP contribution in [0.15, 0.2) is 42.5 Å². The number of hydrogen-bond donors (Lipinski definition) is 3. The van der Waals surface area contributed by atoms with Gasteiger partial charge in [-0.15, -0.1) is 0 Å². The molecule has 2 aromatic carbocycles. The second-order valence-electron chi connectivity index (χ2n) is 7.58. The van der Waals surface area contributed by atoms with Crippen LogP contribution in [0.25, 0.3) is 0 Å². The number of hydrogen-bond acceptors (Lipinski definition) is 3. The molecule has 3 N–H and O–H groups in total. The third-order valence-corrected chi connectivity index (χ3v) is 4.76. The fourth-order valence-corrected chi connectivity index (χ4v) is 3.01. The van der Waals surface area contributed by atoms with Crippen LogP contribution < -0.4 is 16.0 Å². The van der Waals surface area contributed by atoms with Crippen molar-refractivity contribution in [3.63, 3.8) is 0 Å². The highest BCUT2D eigenvalue weighted by Gasteiger charge is 2.26. The second kappa shape index (κ2) is 9.52. The Bertz CT molecular complexity index is 881. The number of nitrogens with zero attached hydrogens (tertiary/aromatic N) is 1. The van der Waals surface area contributed by atoms with Crippen LogP contribution in [0.2, 0.25) is 0 Å². The van der Waals surface area contributed by atoms with Crippen LogP contribution >= 0.6 is 0 Å². The molecule has 29 heavy (non-hydrogen) atoms. The first kappa shape index (κ1) is 20.8. The summed E-state index contributed by atoms with van der Waals surface area (Å²) in [6, 6.07) is 11.5. The highest BCUT2D eigenvalue weighted by atomic mass is 19.1. The molecule has 1 aliphatic rings. The molecule has 0 unspecified atom stereocenters. The Morgan fingerprint density at radius 1 is 1.10 bits per heavy atom. The van der Waals surface area contributed by atoms with E-state index in [9.17, 15) is 14.0 Å². The van der Waals surface area contributed by atoms with E-state index in [2.05, 4.69) is 16.0 Å². The number of amides is 3. The molecule has 3 amide bonds. The summed E-state index contributed by atoms with van der Waals surface area (Å²) in [4.78, 5) is 26.3. The number of likely N-dealkylation sites (N-methyl/N-ethyl adjacent to an activating group) is 1. The number of anilines is 1. The van der Waals surface area contributed by atoms with E-state index in [-0.39, 0.29) is 18.3 Å². The van der Waals surface area contributed by atoms with Crippen molar-refractivity contribution < 1.29 is 14.0 Å². The number of rotatable bonds is 8. The van der Waals surface area contributed by atoms with Gasteiger partial charge in [0.25, 0.3) is 5.91 Å². The second-order valence-corrected chi connectivity index (χ2v) is 7.58. The Morgan fingerprint density at radius 2 is 1.90 bits per heavy atom. The smallest absolute Gasteiger partial charge is 0.319 e. The Kier molecular flexibility index (Phi) is 6.82. The van der Waals surface area contributed by atoms with Crippen molar-refractivity contribution >= 4 is 17.6 Å². The Hall–Kier alpha value is -2.93. The van der Waals surface area contributed by atoms with Gasteiger partial charge in [-0.05, 0) is 68.2 Å². The van der Waals surface area contributed by atoms with Crippen molar-refractivity contribution in [2.24, 2.45) is 0 Å². The first-order valence-electron chi connectivity index (χ1n) is 9.78. The Balaban J connectivity index is 1.49. The van der Waals surface area contributed by atoms with E-state index >= 15 is 0 Å². The van der Waals surface area contributed by atoms with Gasteiger partial charge in [0.2, 0.25) is 0 Å². The molecule has 0 saturated heterocycles. The number of nitrogens with one attached hydrogen (secondary N) is 3. The first-order chi connectivity index (χ1) is 13.9. The third-order valence-electron chi connectivity index (χ3n) is 4.76. The molecule has 0 heterocycles. The summed E-state index contributed by atoms with van der Waals surface area (Å²) in [5, 5.41) is 8.23. The monoisotopic (exact) mass is 398 g/mol. The van der Waals surface area contributed by atoms with E-state index in [1.165, 1.54) is 6.07 Å². The molecule has 1 saturated carbocycles. The molecule has 0 atom stereocenters. The molecule has 0 aromatic heterocycles. The number of halogens is 1. The van der Waals surface area contributed by atoms with Gasteiger partial charge < -0.3 is 20.9 Å². The number of benzene rings is 2. The van der Waals surface area contributed by atoms with E-state index in [0.717, 1.165) is 30.5 Å². The fraction of sp³-hybridized carbons (Fsp3) is 0.364. The van der Waals surface area contributed by atoms with E-state index < -0.39 is 6.03 Å². The topological polar surface area (TPSA) is 73.5 Å². The lowest BCUT2D eigenvalue weighted by Gasteiger charge is -2.11. The zero-order valence-corrected chi connectivity index (χ0v) is 16.8. The standard InChI is InChI=1S/C22H27FN4O2/c1-27(2)11-10-24-21(28)17-5-3-4-15(12-17)14-25-22(29)26-18-8-9-19(16-6-7-16)20(23)13-18/h3-5,8-9,12-13,16H,6-7,10-11,14H2,1-2H3,(H,24,28)(H2,25,26,29). The fourth-order valence-electron chi connectivity index (χ4n) is 3.01. The minimum absolute atomic E-state index is 0.149. The predicted molar refractivity (Wildman–Crippen MR) is 112 cm³/mol. The van der Waals surface area contributed by atoms with Crippen molar-refractivity contribution in [3.8, 4) is 0 Å². The molecular formula is C22H27FN4O2. The van der Waals surface area contributed by atoms with Gasteiger partial charge in [0.1, 0.15) is 5.82 Å². The van der Waals surface area contributed by atoms with Crippen LogP contribution in [0.1, 0.15) is 40.2 Å². The molecule has 0 aliphatic heterocycles. The third kappa shape index (κ3) is 6.29. The van der Waals surface area contributed by atoms with Gasteiger partial charge >= 0.3 is 6.03 Å². The predicted octanol–water partition coefficient (Wildman–Crippen LogP) is 3.32. The van der Waals surface area contributed by atoms with Gasteiger partial charge in [-0.25, -0.2) is 9.18 Å². The summed E-state index contributed by atoms with van der Waals surface area (Å²) >= 11 is 0. The Morgan fingerprint density at radius 3 is 2.59 bits per heavy atom. The summed E-state index contributed by atoms with van der Waals surface area (Å²) in [6.07, 6.45) is 2.05. The maximum absolute atomic E-state index is 14.1. The highest BCUT2D eigenvalue weighted by Crippen LogP contribution is 2.41. The molecule has 154 valence electrons. The van der Waals surface area contributed by atoms with Gasteiger partial charge in [0.15, 0.2) is 0 Å². The van der Waals surface area contributed by atoms with Crippen molar-refractivity contribution in [1.82, 2.24) is 15.5 Å². The van der Waals surface area contributed by atoms with Crippen LogP contribution in [-0.2, 0) is 6.54 Å². The van der Waals surface area contributed by atoms with Gasteiger partial charge in [0, 0.05) is 30.9 Å². The lowest BCUT2D eigenvalue weighted by Crippen LogP contribution is -2.31. The quantitative estimate of drug-likeness (QED) is 0.639. The van der Waals surface area contributed by atoms with Crippen LogP contribution in [-0.4, -0.2) is 44.0 Å². The van der Waals surface area contributed by atoms with E-state index in [1.807, 2.05) is 25.1 Å². The van der Waals surface area contributed by atoms with Crippen molar-refractivity contribution in [3.05, 3.63) is 65.0 Å². The molecule has 0 radical (unpaired) electrons. The summed E-state index contributed by atoms with van der Waals surface area (Å²) < 4.78 is 14.1.